The maximum atomic E-state index is 15.1. The third kappa shape index (κ3) is 5.47. The number of hydrogen-bond donors (Lipinski definition) is 1. The van der Waals surface area contributed by atoms with E-state index >= 15 is 4.39 Å². The van der Waals surface area contributed by atoms with Crippen molar-refractivity contribution in [1.82, 2.24) is 24.2 Å². The first-order valence-corrected chi connectivity index (χ1v) is 14.8. The Hall–Kier alpha value is -3.93. The predicted molar refractivity (Wildman–Crippen MR) is 161 cm³/mol. The van der Waals surface area contributed by atoms with Crippen LogP contribution in [0.25, 0.3) is 27.2 Å². The molecule has 5 aromatic rings. The van der Waals surface area contributed by atoms with Gasteiger partial charge in [0.05, 0.1) is 27.8 Å². The highest BCUT2D eigenvalue weighted by Gasteiger charge is 2.26. The lowest BCUT2D eigenvalue weighted by Gasteiger charge is -2.30. The van der Waals surface area contributed by atoms with E-state index in [1.165, 1.54) is 17.4 Å². The second kappa shape index (κ2) is 11.4. The summed E-state index contributed by atoms with van der Waals surface area (Å²) in [5.41, 5.74) is 9.47. The van der Waals surface area contributed by atoms with Crippen LogP contribution in [0.2, 0.25) is 5.02 Å². The number of carbonyl (C=O) groups excluding carboxylic acids is 1. The molecular weight excluding hydrogens is 579 g/mol. The number of piperidine rings is 1. The molecule has 1 unspecified atom stereocenters. The molecule has 218 valence electrons. The van der Waals surface area contributed by atoms with Crippen LogP contribution >= 0.6 is 22.9 Å². The summed E-state index contributed by atoms with van der Waals surface area (Å²) in [4.78, 5) is 19.4. The molecule has 0 saturated carbocycles. The first-order valence-electron chi connectivity index (χ1n) is 13.6. The van der Waals surface area contributed by atoms with E-state index in [4.69, 9.17) is 26.8 Å². The van der Waals surface area contributed by atoms with Crippen molar-refractivity contribution in [1.29, 1.82) is 0 Å². The number of halogens is 2. The lowest BCUT2D eigenvalue weighted by Crippen LogP contribution is -2.35. The Balaban J connectivity index is 1.28. The molecule has 12 heteroatoms. The van der Waals surface area contributed by atoms with E-state index in [-0.39, 0.29) is 27.3 Å². The molecule has 42 heavy (non-hydrogen) atoms. The van der Waals surface area contributed by atoms with Gasteiger partial charge in [-0.2, -0.15) is 5.10 Å². The van der Waals surface area contributed by atoms with Crippen LogP contribution < -0.4 is 15.2 Å². The number of fused-ring (bicyclic) bond motifs is 1. The van der Waals surface area contributed by atoms with Crippen molar-refractivity contribution in [3.63, 3.8) is 0 Å². The molecule has 0 bridgehead atoms. The van der Waals surface area contributed by atoms with Gasteiger partial charge in [0, 0.05) is 38.0 Å². The lowest BCUT2D eigenvalue weighted by atomic mass is 10.1. The van der Waals surface area contributed by atoms with E-state index in [0.717, 1.165) is 48.1 Å². The number of rotatable bonds is 8. The number of benzene rings is 2. The van der Waals surface area contributed by atoms with E-state index in [1.54, 1.807) is 36.3 Å². The molecule has 4 heterocycles. The number of nitrogens with zero attached hydrogens (tertiary/aromatic N) is 5. The second-order valence-corrected chi connectivity index (χ2v) is 11.9. The van der Waals surface area contributed by atoms with Crippen LogP contribution in [0.1, 0.15) is 41.1 Å². The summed E-state index contributed by atoms with van der Waals surface area (Å²) >= 11 is 7.84. The van der Waals surface area contributed by atoms with Gasteiger partial charge < -0.3 is 20.1 Å². The summed E-state index contributed by atoms with van der Waals surface area (Å²) in [6.07, 6.45) is 6.31. The fraction of sp³-hybridized carbons (Fsp3) is 0.300. The van der Waals surface area contributed by atoms with Crippen molar-refractivity contribution in [3.8, 4) is 27.6 Å². The van der Waals surface area contributed by atoms with Gasteiger partial charge in [-0.15, -0.1) is 11.3 Å². The minimum atomic E-state index is -0.833. The molecule has 0 aliphatic carbocycles. The molecular formula is C30H30ClFN6O3S. The zero-order chi connectivity index (χ0) is 29.5. The summed E-state index contributed by atoms with van der Waals surface area (Å²) in [5, 5.41) is 5.07. The topological polar surface area (TPSA) is 100 Å². The van der Waals surface area contributed by atoms with Crippen LogP contribution in [0.3, 0.4) is 0 Å². The number of amides is 1. The van der Waals surface area contributed by atoms with Crippen molar-refractivity contribution in [2.24, 2.45) is 12.8 Å². The number of aryl methyl sites for hydroxylation is 1. The summed E-state index contributed by atoms with van der Waals surface area (Å²) in [6.45, 7) is 3.52. The number of imidazole rings is 1. The number of thiophene rings is 1. The van der Waals surface area contributed by atoms with E-state index in [2.05, 4.69) is 22.0 Å². The van der Waals surface area contributed by atoms with Crippen LogP contribution in [-0.2, 0) is 7.05 Å². The Morgan fingerprint density at radius 2 is 1.93 bits per heavy atom. The third-order valence-electron chi connectivity index (χ3n) is 7.49. The molecule has 2 aromatic carbocycles. The Bertz CT molecular complexity index is 1770. The Morgan fingerprint density at radius 1 is 1.14 bits per heavy atom. The van der Waals surface area contributed by atoms with Gasteiger partial charge in [-0.25, -0.2) is 9.37 Å². The molecule has 6 rings (SSSR count). The maximum Gasteiger partial charge on any atom is 0.262 e. The van der Waals surface area contributed by atoms with Crippen molar-refractivity contribution in [2.75, 3.05) is 20.1 Å². The SMILES string of the molecule is CC(Oc1cc(-n2cnc3cc(-c4cnn(C)c4)ccc32)sc1C(N)=O)c1c(F)ccc(OC2CCN(C)CC2)c1Cl. The molecule has 1 saturated heterocycles. The van der Waals surface area contributed by atoms with E-state index < -0.39 is 17.8 Å². The van der Waals surface area contributed by atoms with E-state index in [1.807, 2.05) is 36.0 Å². The average Bonchev–Trinajstić information content (AvgIpc) is 3.69. The van der Waals surface area contributed by atoms with Crippen LogP contribution in [0.4, 0.5) is 4.39 Å². The summed E-state index contributed by atoms with van der Waals surface area (Å²) < 4.78 is 31.0. The molecule has 2 N–H and O–H groups in total. The van der Waals surface area contributed by atoms with Crippen LogP contribution in [-0.4, -0.2) is 56.4 Å². The number of ether oxygens (including phenoxy) is 2. The number of likely N-dealkylation sites (tertiary alicyclic amines) is 1. The van der Waals surface area contributed by atoms with Crippen molar-refractivity contribution in [2.45, 2.75) is 32.0 Å². The molecule has 1 atom stereocenters. The summed E-state index contributed by atoms with van der Waals surface area (Å²) in [7, 11) is 3.94. The van der Waals surface area contributed by atoms with Gasteiger partial charge in [-0.3, -0.25) is 14.0 Å². The maximum absolute atomic E-state index is 15.1. The quantitative estimate of drug-likeness (QED) is 0.232. The van der Waals surface area contributed by atoms with Gasteiger partial charge in [0.15, 0.2) is 0 Å². The smallest absolute Gasteiger partial charge is 0.262 e. The fourth-order valence-corrected chi connectivity index (χ4v) is 6.50. The van der Waals surface area contributed by atoms with Crippen LogP contribution in [0, 0.1) is 5.82 Å². The van der Waals surface area contributed by atoms with Gasteiger partial charge in [-0.05, 0) is 56.6 Å². The second-order valence-electron chi connectivity index (χ2n) is 10.5. The molecule has 3 aromatic heterocycles. The average molecular weight is 609 g/mol. The largest absolute Gasteiger partial charge is 0.489 e. The zero-order valence-corrected chi connectivity index (χ0v) is 25.0. The standard InChI is InChI=1S/C30H30ClFN6O3S/c1-17(27-21(32)5-7-24(28(27)31)41-20-8-10-36(2)11-9-20)40-25-13-26(42-29(25)30(33)39)38-16-34-22-12-18(4-6-23(22)38)19-14-35-37(3)15-19/h4-7,12-17,20H,8-11H2,1-3H3,(H2,33,39). The number of hydrogen-bond acceptors (Lipinski definition) is 7. The lowest BCUT2D eigenvalue weighted by molar-refractivity contribution is 0.0997. The van der Waals surface area contributed by atoms with Crippen molar-refractivity contribution < 1.29 is 18.7 Å². The number of carbonyl (C=O) groups is 1. The predicted octanol–water partition coefficient (Wildman–Crippen LogP) is 5.99. The molecule has 0 radical (unpaired) electrons. The molecule has 9 nitrogen and oxygen atoms in total. The number of nitrogens with two attached hydrogens (primary N) is 1. The van der Waals surface area contributed by atoms with Gasteiger partial charge in [0.2, 0.25) is 0 Å². The molecule has 0 spiro atoms. The van der Waals surface area contributed by atoms with Crippen LogP contribution in [0.5, 0.6) is 11.5 Å². The first-order chi connectivity index (χ1) is 20.2. The van der Waals surface area contributed by atoms with Gasteiger partial charge >= 0.3 is 0 Å². The number of aromatic nitrogens is 4. The van der Waals surface area contributed by atoms with E-state index in [0.29, 0.717) is 10.8 Å². The highest BCUT2D eigenvalue weighted by Crippen LogP contribution is 2.40. The summed E-state index contributed by atoms with van der Waals surface area (Å²) in [5.74, 6) is -0.525. The Morgan fingerprint density at radius 3 is 2.64 bits per heavy atom. The van der Waals surface area contributed by atoms with E-state index in [9.17, 15) is 4.79 Å². The minimum Gasteiger partial charge on any atom is -0.489 e. The Kier molecular flexibility index (Phi) is 7.65. The van der Waals surface area contributed by atoms with Gasteiger partial charge in [0.1, 0.15) is 45.7 Å². The normalized spacial score (nSPS) is 15.3. The highest BCUT2D eigenvalue weighted by atomic mass is 35.5. The fourth-order valence-electron chi connectivity index (χ4n) is 5.22. The molecule has 1 aliphatic rings. The van der Waals surface area contributed by atoms with Gasteiger partial charge in [-0.1, -0.05) is 17.7 Å². The minimum absolute atomic E-state index is 0.000395. The molecule has 1 amide bonds. The number of primary amides is 1. The molecule has 1 fully saturated rings. The highest BCUT2D eigenvalue weighted by molar-refractivity contribution is 7.16. The first kappa shape index (κ1) is 28.2. The van der Waals surface area contributed by atoms with Crippen molar-refractivity contribution in [3.05, 3.63) is 76.4 Å². The van der Waals surface area contributed by atoms with Crippen molar-refractivity contribution >= 4 is 39.9 Å². The Labute approximate surface area is 251 Å². The van der Waals surface area contributed by atoms with Crippen LogP contribution in [0.15, 0.2) is 55.1 Å². The summed E-state index contributed by atoms with van der Waals surface area (Å²) in [6, 6.07) is 10.5. The molecule has 1 aliphatic heterocycles. The zero-order valence-electron chi connectivity index (χ0n) is 23.4. The van der Waals surface area contributed by atoms with Gasteiger partial charge in [0.25, 0.3) is 5.91 Å². The monoisotopic (exact) mass is 608 g/mol. The third-order valence-corrected chi connectivity index (χ3v) is 9.01.